The summed E-state index contributed by atoms with van der Waals surface area (Å²) in [6.45, 7) is 0. The van der Waals surface area contributed by atoms with Crippen LogP contribution in [-0.4, -0.2) is 36.3 Å². The Bertz CT molecular complexity index is 1070. The van der Waals surface area contributed by atoms with Gasteiger partial charge >= 0.3 is 0 Å². The zero-order valence-electron chi connectivity index (χ0n) is 12.8. The maximum Gasteiger partial charge on any atom is 0.277 e. The van der Waals surface area contributed by atoms with Crippen molar-refractivity contribution in [3.05, 3.63) is 54.4 Å². The normalized spacial score (nSPS) is 10.8. The van der Waals surface area contributed by atoms with E-state index in [1.807, 2.05) is 0 Å². The summed E-state index contributed by atoms with van der Waals surface area (Å²) in [5.74, 6) is -2.05. The second kappa shape index (κ2) is 6.20. The van der Waals surface area contributed by atoms with Crippen LogP contribution in [0.3, 0.4) is 0 Å². The topological polar surface area (TPSA) is 125 Å². The monoisotopic (exact) mass is 357 g/mol. The second-order valence-electron chi connectivity index (χ2n) is 5.10. The van der Waals surface area contributed by atoms with Gasteiger partial charge in [-0.2, -0.15) is 14.6 Å². The molecule has 0 atom stereocenters. The Morgan fingerprint density at radius 1 is 1.15 bits per heavy atom. The molecule has 0 fully saturated rings. The van der Waals surface area contributed by atoms with Gasteiger partial charge in [-0.05, 0) is 12.1 Å². The number of H-pyrrole nitrogens is 2. The number of aromatic nitrogens is 6. The van der Waals surface area contributed by atoms with Crippen LogP contribution in [0.5, 0.6) is 0 Å². The SMILES string of the molecule is O=C(Nc1cn[nH]c1-c1nc(F)ccc1F)c1coc(-c2cn[nH]c2)n1. The van der Waals surface area contributed by atoms with Crippen LogP contribution in [0.1, 0.15) is 10.5 Å². The molecule has 0 aliphatic carbocycles. The van der Waals surface area contributed by atoms with Gasteiger partial charge in [-0.1, -0.05) is 0 Å². The van der Waals surface area contributed by atoms with Gasteiger partial charge in [0.15, 0.2) is 11.5 Å². The molecule has 0 aliphatic heterocycles. The van der Waals surface area contributed by atoms with Crippen LogP contribution in [0.25, 0.3) is 22.8 Å². The molecule has 11 heteroatoms. The number of carbonyl (C=O) groups excluding carboxylic acids is 1. The lowest BCUT2D eigenvalue weighted by Crippen LogP contribution is -2.12. The number of amides is 1. The number of hydrogen-bond acceptors (Lipinski definition) is 6. The molecular formula is C15H9F2N7O2. The molecule has 0 aliphatic rings. The lowest BCUT2D eigenvalue weighted by molar-refractivity contribution is 0.102. The predicted octanol–water partition coefficient (Wildman–Crippen LogP) is 2.38. The molecule has 3 N–H and O–H groups in total. The lowest BCUT2D eigenvalue weighted by atomic mass is 10.2. The summed E-state index contributed by atoms with van der Waals surface area (Å²) in [6.07, 6.45) is 5.45. The van der Waals surface area contributed by atoms with E-state index in [2.05, 4.69) is 35.7 Å². The smallest absolute Gasteiger partial charge is 0.277 e. The number of halogens is 2. The fourth-order valence-electron chi connectivity index (χ4n) is 2.22. The summed E-state index contributed by atoms with van der Waals surface area (Å²) in [7, 11) is 0. The third-order valence-electron chi connectivity index (χ3n) is 3.42. The van der Waals surface area contributed by atoms with Crippen molar-refractivity contribution in [2.75, 3.05) is 5.32 Å². The molecule has 4 aromatic rings. The number of oxazole rings is 1. The van der Waals surface area contributed by atoms with Crippen molar-refractivity contribution in [1.29, 1.82) is 0 Å². The van der Waals surface area contributed by atoms with Crippen molar-refractivity contribution >= 4 is 11.6 Å². The Morgan fingerprint density at radius 3 is 2.85 bits per heavy atom. The quantitative estimate of drug-likeness (QED) is 0.482. The Balaban J connectivity index is 1.60. The second-order valence-corrected chi connectivity index (χ2v) is 5.10. The van der Waals surface area contributed by atoms with Gasteiger partial charge in [-0.25, -0.2) is 14.4 Å². The van der Waals surface area contributed by atoms with Gasteiger partial charge in [-0.15, -0.1) is 0 Å². The molecule has 26 heavy (non-hydrogen) atoms. The first kappa shape index (κ1) is 15.6. The molecule has 4 aromatic heterocycles. The van der Waals surface area contributed by atoms with Gasteiger partial charge < -0.3 is 9.73 Å². The highest BCUT2D eigenvalue weighted by molar-refractivity contribution is 6.04. The minimum Gasteiger partial charge on any atom is -0.444 e. The van der Waals surface area contributed by atoms with E-state index in [-0.39, 0.29) is 28.7 Å². The van der Waals surface area contributed by atoms with Gasteiger partial charge in [0.1, 0.15) is 17.7 Å². The number of pyridine rings is 1. The zero-order chi connectivity index (χ0) is 18.1. The van der Waals surface area contributed by atoms with Gasteiger partial charge in [0.25, 0.3) is 5.91 Å². The molecule has 4 heterocycles. The first-order valence-electron chi connectivity index (χ1n) is 7.23. The predicted molar refractivity (Wildman–Crippen MR) is 83.8 cm³/mol. The number of nitrogens with zero attached hydrogens (tertiary/aromatic N) is 4. The molecule has 130 valence electrons. The van der Waals surface area contributed by atoms with Crippen molar-refractivity contribution in [2.45, 2.75) is 0 Å². The third-order valence-corrected chi connectivity index (χ3v) is 3.42. The van der Waals surface area contributed by atoms with Crippen molar-refractivity contribution in [3.63, 3.8) is 0 Å². The van der Waals surface area contributed by atoms with Crippen molar-refractivity contribution in [3.8, 4) is 22.8 Å². The number of nitrogens with one attached hydrogen (secondary N) is 3. The van der Waals surface area contributed by atoms with Crippen molar-refractivity contribution < 1.29 is 18.0 Å². The number of rotatable bonds is 4. The summed E-state index contributed by atoms with van der Waals surface area (Å²) < 4.78 is 32.4. The summed E-state index contributed by atoms with van der Waals surface area (Å²) in [5.41, 5.74) is 0.380. The maximum atomic E-state index is 13.9. The first-order valence-corrected chi connectivity index (χ1v) is 7.23. The van der Waals surface area contributed by atoms with E-state index in [4.69, 9.17) is 4.42 Å². The molecule has 0 spiro atoms. The van der Waals surface area contributed by atoms with E-state index in [9.17, 15) is 13.6 Å². The molecule has 9 nitrogen and oxygen atoms in total. The maximum absolute atomic E-state index is 13.9. The zero-order valence-corrected chi connectivity index (χ0v) is 12.8. The van der Waals surface area contributed by atoms with E-state index in [1.54, 1.807) is 6.20 Å². The number of hydrogen-bond donors (Lipinski definition) is 3. The van der Waals surface area contributed by atoms with Crippen molar-refractivity contribution in [2.24, 2.45) is 0 Å². The summed E-state index contributed by atoms with van der Waals surface area (Å²) in [5, 5.41) is 15.1. The number of aromatic amines is 2. The van der Waals surface area contributed by atoms with E-state index >= 15 is 0 Å². The fraction of sp³-hybridized carbons (Fsp3) is 0. The molecule has 0 bridgehead atoms. The van der Waals surface area contributed by atoms with Crippen LogP contribution in [0.4, 0.5) is 14.5 Å². The molecule has 0 saturated heterocycles. The van der Waals surface area contributed by atoms with Gasteiger partial charge in [-0.3, -0.25) is 15.0 Å². The fourth-order valence-corrected chi connectivity index (χ4v) is 2.22. The third kappa shape index (κ3) is 2.81. The Morgan fingerprint density at radius 2 is 2.04 bits per heavy atom. The molecule has 0 radical (unpaired) electrons. The molecular weight excluding hydrogens is 348 g/mol. The molecule has 1 amide bonds. The van der Waals surface area contributed by atoms with Crippen LogP contribution < -0.4 is 5.32 Å². The van der Waals surface area contributed by atoms with Crippen LogP contribution in [0.15, 0.2) is 41.4 Å². The number of anilines is 1. The minimum atomic E-state index is -0.866. The Hall–Kier alpha value is -3.89. The van der Waals surface area contributed by atoms with Gasteiger partial charge in [0.2, 0.25) is 11.8 Å². The average Bonchev–Trinajstić information content (AvgIpc) is 3.37. The van der Waals surface area contributed by atoms with E-state index in [0.29, 0.717) is 5.56 Å². The Kier molecular flexibility index (Phi) is 3.73. The summed E-state index contributed by atoms with van der Waals surface area (Å²) in [6, 6.07) is 1.82. The summed E-state index contributed by atoms with van der Waals surface area (Å²) >= 11 is 0. The molecule has 4 rings (SSSR count). The van der Waals surface area contributed by atoms with Crippen molar-refractivity contribution in [1.82, 2.24) is 30.4 Å². The van der Waals surface area contributed by atoms with Gasteiger partial charge in [0.05, 0.1) is 23.6 Å². The lowest BCUT2D eigenvalue weighted by Gasteiger charge is -2.04. The van der Waals surface area contributed by atoms with Crippen LogP contribution in [0, 0.1) is 11.8 Å². The standard InChI is InChI=1S/C15H9F2N7O2/c16-8-1-2-11(17)23-12(8)13-9(5-20-24-13)21-14(25)10-6-26-15(22-10)7-3-18-19-4-7/h1-6H,(H,18,19)(H,20,24)(H,21,25). The molecule has 0 aromatic carbocycles. The van der Waals surface area contributed by atoms with E-state index in [0.717, 1.165) is 12.1 Å². The largest absolute Gasteiger partial charge is 0.444 e. The minimum absolute atomic E-state index is 0.0129. The molecule has 0 saturated carbocycles. The van der Waals surface area contributed by atoms with Crippen LogP contribution in [0.2, 0.25) is 0 Å². The highest BCUT2D eigenvalue weighted by Gasteiger charge is 2.19. The first-order chi connectivity index (χ1) is 12.6. The average molecular weight is 357 g/mol. The van der Waals surface area contributed by atoms with E-state index in [1.165, 1.54) is 18.7 Å². The highest BCUT2D eigenvalue weighted by atomic mass is 19.1. The number of carbonyl (C=O) groups is 1. The van der Waals surface area contributed by atoms with Crippen LogP contribution in [-0.2, 0) is 0 Å². The summed E-state index contributed by atoms with van der Waals surface area (Å²) in [4.78, 5) is 19.9. The van der Waals surface area contributed by atoms with Crippen LogP contribution >= 0.6 is 0 Å². The highest BCUT2D eigenvalue weighted by Crippen LogP contribution is 2.27. The van der Waals surface area contributed by atoms with E-state index < -0.39 is 17.7 Å². The van der Waals surface area contributed by atoms with Gasteiger partial charge in [0, 0.05) is 6.20 Å². The molecule has 0 unspecified atom stereocenters. The Labute approximate surface area is 143 Å².